The molecule has 0 aliphatic carbocycles. The molecule has 0 bridgehead atoms. The quantitative estimate of drug-likeness (QED) is 0.596. The predicted molar refractivity (Wildman–Crippen MR) is 51.8 cm³/mol. The summed E-state index contributed by atoms with van der Waals surface area (Å²) >= 11 is 0. The highest BCUT2D eigenvalue weighted by molar-refractivity contribution is 5.98. The van der Waals surface area contributed by atoms with E-state index in [2.05, 4.69) is 4.57 Å². The Morgan fingerprint density at radius 1 is 1.46 bits per heavy atom. The lowest BCUT2D eigenvalue weighted by Gasteiger charge is -2.19. The van der Waals surface area contributed by atoms with Gasteiger partial charge < -0.3 is 4.57 Å². The van der Waals surface area contributed by atoms with Crippen LogP contribution in [0.1, 0.15) is 37.2 Å². The molecular formula is C11H15NO. The van der Waals surface area contributed by atoms with E-state index in [1.54, 1.807) is 0 Å². The molecule has 0 aromatic carbocycles. The van der Waals surface area contributed by atoms with Crippen LogP contribution in [0.3, 0.4) is 0 Å². The lowest BCUT2D eigenvalue weighted by Crippen LogP contribution is -2.23. The van der Waals surface area contributed by atoms with Crippen molar-refractivity contribution in [1.82, 2.24) is 4.57 Å². The second-order valence-electron chi connectivity index (χ2n) is 4.40. The molecule has 0 saturated carbocycles. The summed E-state index contributed by atoms with van der Waals surface area (Å²) in [5.41, 5.74) is 0.703. The van der Waals surface area contributed by atoms with E-state index in [0.717, 1.165) is 25.1 Å². The number of carbonyl (C=O) groups is 1. The molecule has 2 heterocycles. The highest BCUT2D eigenvalue weighted by Crippen LogP contribution is 2.30. The van der Waals surface area contributed by atoms with Gasteiger partial charge in [0, 0.05) is 18.2 Å². The first-order valence-electron chi connectivity index (χ1n) is 4.81. The van der Waals surface area contributed by atoms with Gasteiger partial charge in [0.1, 0.15) is 0 Å². The van der Waals surface area contributed by atoms with Gasteiger partial charge >= 0.3 is 0 Å². The minimum Gasteiger partial charge on any atom is -0.345 e. The largest absolute Gasteiger partial charge is 0.345 e. The zero-order valence-corrected chi connectivity index (χ0v) is 8.21. The van der Waals surface area contributed by atoms with E-state index in [1.165, 1.54) is 0 Å². The Balaban J connectivity index is 2.47. The van der Waals surface area contributed by atoms with E-state index < -0.39 is 0 Å². The highest BCUT2D eigenvalue weighted by atomic mass is 16.1. The Hall–Kier alpha value is -1.05. The fourth-order valence-corrected chi connectivity index (χ4v) is 1.97. The van der Waals surface area contributed by atoms with Crippen molar-refractivity contribution in [3.05, 3.63) is 24.0 Å². The van der Waals surface area contributed by atoms with Crippen molar-refractivity contribution in [3.8, 4) is 0 Å². The molecule has 0 atom stereocenters. The van der Waals surface area contributed by atoms with Gasteiger partial charge in [0.15, 0.2) is 5.78 Å². The zero-order chi connectivity index (χ0) is 9.47. The lowest BCUT2D eigenvalue weighted by atomic mass is 9.83. The minimum atomic E-state index is -0.174. The van der Waals surface area contributed by atoms with Crippen LogP contribution in [-0.2, 0) is 6.54 Å². The number of hydrogen-bond donors (Lipinski definition) is 0. The van der Waals surface area contributed by atoms with Gasteiger partial charge in [-0.25, -0.2) is 0 Å². The number of carbonyl (C=O) groups excluding carboxylic acids is 1. The number of ketones is 1. The number of aromatic nitrogens is 1. The first-order valence-corrected chi connectivity index (χ1v) is 4.81. The lowest BCUT2D eigenvalue weighted by molar-refractivity contribution is 0.0827. The molecule has 70 valence electrons. The molecule has 0 N–H and O–H groups in total. The number of hydrogen-bond acceptors (Lipinski definition) is 1. The highest BCUT2D eigenvalue weighted by Gasteiger charge is 2.31. The van der Waals surface area contributed by atoms with Crippen molar-refractivity contribution < 1.29 is 4.79 Å². The first-order chi connectivity index (χ1) is 6.11. The molecule has 0 radical (unpaired) electrons. The second kappa shape index (κ2) is 2.72. The number of aryl methyl sites for hydroxylation is 1. The molecule has 0 fully saturated rings. The van der Waals surface area contributed by atoms with Gasteiger partial charge in [-0.2, -0.15) is 0 Å². The summed E-state index contributed by atoms with van der Waals surface area (Å²) in [5, 5.41) is 0. The molecule has 0 saturated heterocycles. The summed E-state index contributed by atoms with van der Waals surface area (Å²) < 4.78 is 2.07. The average molecular weight is 177 g/mol. The van der Waals surface area contributed by atoms with E-state index in [9.17, 15) is 4.79 Å². The third-order valence-corrected chi connectivity index (χ3v) is 2.88. The van der Waals surface area contributed by atoms with Crippen LogP contribution in [-0.4, -0.2) is 10.4 Å². The SMILES string of the molecule is CC1(C)CCCn2cccc2C1=O. The molecule has 13 heavy (non-hydrogen) atoms. The third-order valence-electron chi connectivity index (χ3n) is 2.88. The van der Waals surface area contributed by atoms with Crippen molar-refractivity contribution in [2.75, 3.05) is 0 Å². The van der Waals surface area contributed by atoms with Gasteiger partial charge in [0.05, 0.1) is 5.69 Å². The van der Waals surface area contributed by atoms with E-state index in [1.807, 2.05) is 32.2 Å². The van der Waals surface area contributed by atoms with Crippen molar-refractivity contribution in [1.29, 1.82) is 0 Å². The van der Waals surface area contributed by atoms with Crippen LogP contribution < -0.4 is 0 Å². The summed E-state index contributed by atoms with van der Waals surface area (Å²) in [7, 11) is 0. The average Bonchev–Trinajstić information content (AvgIpc) is 2.47. The van der Waals surface area contributed by atoms with Crippen LogP contribution in [0.25, 0.3) is 0 Å². The summed E-state index contributed by atoms with van der Waals surface area (Å²) in [5.74, 6) is 0.287. The van der Waals surface area contributed by atoms with Crippen LogP contribution in [0.4, 0.5) is 0 Å². The molecule has 0 spiro atoms. The van der Waals surface area contributed by atoms with Gasteiger partial charge in [-0.05, 0) is 25.0 Å². The van der Waals surface area contributed by atoms with Crippen molar-refractivity contribution in [2.45, 2.75) is 33.2 Å². The number of nitrogens with zero attached hydrogens (tertiary/aromatic N) is 1. The third kappa shape index (κ3) is 1.30. The van der Waals surface area contributed by atoms with Gasteiger partial charge in [-0.1, -0.05) is 13.8 Å². The van der Waals surface area contributed by atoms with Crippen molar-refractivity contribution >= 4 is 5.78 Å². The normalized spacial score (nSPS) is 20.9. The Labute approximate surface area is 78.6 Å². The summed E-state index contributed by atoms with van der Waals surface area (Å²) in [6.07, 6.45) is 4.09. The van der Waals surface area contributed by atoms with Gasteiger partial charge in [0.2, 0.25) is 0 Å². The Kier molecular flexibility index (Phi) is 1.79. The van der Waals surface area contributed by atoms with Gasteiger partial charge in [-0.3, -0.25) is 4.79 Å². The molecule has 0 unspecified atom stereocenters. The monoisotopic (exact) mass is 177 g/mol. The van der Waals surface area contributed by atoms with E-state index in [4.69, 9.17) is 0 Å². The molecule has 2 nitrogen and oxygen atoms in total. The second-order valence-corrected chi connectivity index (χ2v) is 4.40. The summed E-state index contributed by atoms with van der Waals surface area (Å²) in [4.78, 5) is 12.0. The summed E-state index contributed by atoms with van der Waals surface area (Å²) in [6, 6.07) is 3.88. The van der Waals surface area contributed by atoms with Crippen molar-refractivity contribution in [2.24, 2.45) is 5.41 Å². The standard InChI is InChI=1S/C11H15NO/c1-11(2)6-4-8-12-7-3-5-9(12)10(11)13/h3,5,7H,4,6,8H2,1-2H3. The number of Topliss-reactive ketones (excluding diaryl/α,β-unsaturated/α-hetero) is 1. The maximum Gasteiger partial charge on any atom is 0.184 e. The van der Waals surface area contributed by atoms with Crippen LogP contribution in [0.2, 0.25) is 0 Å². The molecule has 1 aliphatic rings. The molecule has 2 heteroatoms. The van der Waals surface area contributed by atoms with E-state index in [0.29, 0.717) is 0 Å². The van der Waals surface area contributed by atoms with Gasteiger partial charge in [-0.15, -0.1) is 0 Å². The van der Waals surface area contributed by atoms with Crippen LogP contribution in [0, 0.1) is 5.41 Å². The fraction of sp³-hybridized carbons (Fsp3) is 0.545. The topological polar surface area (TPSA) is 22.0 Å². The van der Waals surface area contributed by atoms with Gasteiger partial charge in [0.25, 0.3) is 0 Å². The molecule has 0 amide bonds. The van der Waals surface area contributed by atoms with Crippen LogP contribution >= 0.6 is 0 Å². The molecule has 1 aromatic heterocycles. The Morgan fingerprint density at radius 2 is 2.23 bits per heavy atom. The van der Waals surface area contributed by atoms with Crippen LogP contribution in [0.15, 0.2) is 18.3 Å². The van der Waals surface area contributed by atoms with E-state index >= 15 is 0 Å². The number of fused-ring (bicyclic) bond motifs is 1. The molecule has 2 rings (SSSR count). The smallest absolute Gasteiger partial charge is 0.184 e. The predicted octanol–water partition coefficient (Wildman–Crippen LogP) is 2.49. The minimum absolute atomic E-state index is 0.174. The summed E-state index contributed by atoms with van der Waals surface area (Å²) in [6.45, 7) is 5.06. The molecular weight excluding hydrogens is 162 g/mol. The van der Waals surface area contributed by atoms with E-state index in [-0.39, 0.29) is 11.2 Å². The Bertz CT molecular complexity index is 336. The zero-order valence-electron chi connectivity index (χ0n) is 8.21. The van der Waals surface area contributed by atoms with Crippen LogP contribution in [0.5, 0.6) is 0 Å². The number of rotatable bonds is 0. The molecule has 1 aromatic rings. The maximum atomic E-state index is 12.0. The molecule has 1 aliphatic heterocycles. The van der Waals surface area contributed by atoms with Crippen molar-refractivity contribution in [3.63, 3.8) is 0 Å². The fourth-order valence-electron chi connectivity index (χ4n) is 1.97. The Morgan fingerprint density at radius 3 is 3.00 bits per heavy atom. The first kappa shape index (κ1) is 8.54. The maximum absolute atomic E-state index is 12.0.